The van der Waals surface area contributed by atoms with E-state index in [9.17, 15) is 0 Å². The summed E-state index contributed by atoms with van der Waals surface area (Å²) < 4.78 is 0. The van der Waals surface area contributed by atoms with Gasteiger partial charge >= 0.3 is 0 Å². The minimum absolute atomic E-state index is 0. The Kier molecular flexibility index (Phi) is 14.0. The van der Waals surface area contributed by atoms with E-state index < -0.39 is 0 Å². The summed E-state index contributed by atoms with van der Waals surface area (Å²) in [6.07, 6.45) is 0. The van der Waals surface area contributed by atoms with Crippen LogP contribution in [-0.2, 0) is 10.8 Å². The summed E-state index contributed by atoms with van der Waals surface area (Å²) in [5, 5.41) is 0. The highest BCUT2D eigenvalue weighted by molar-refractivity contribution is 5.86. The molecule has 0 aliphatic carbocycles. The van der Waals surface area contributed by atoms with Crippen molar-refractivity contribution in [2.24, 2.45) is 5.92 Å². The summed E-state index contributed by atoms with van der Waals surface area (Å²) in [5.74, 6) is 1.42. The van der Waals surface area contributed by atoms with E-state index in [4.69, 9.17) is 4.98 Å². The van der Waals surface area contributed by atoms with Crippen LogP contribution < -0.4 is 0 Å². The van der Waals surface area contributed by atoms with E-state index in [1.807, 2.05) is 0 Å². The van der Waals surface area contributed by atoms with Crippen LogP contribution in [0.5, 0.6) is 0 Å². The highest BCUT2D eigenvalue weighted by Crippen LogP contribution is 2.41. The fourth-order valence-corrected chi connectivity index (χ4v) is 7.08. The van der Waals surface area contributed by atoms with Gasteiger partial charge in [0.1, 0.15) is 5.82 Å². The lowest BCUT2D eigenvalue weighted by atomic mass is 9.76. The van der Waals surface area contributed by atoms with Crippen molar-refractivity contribution >= 4 is 37.2 Å². The molecular weight excluding hydrogens is 631 g/mol. The Hall–Kier alpha value is -2.34. The molecule has 46 heavy (non-hydrogen) atoms. The second-order valence-electron chi connectivity index (χ2n) is 14.8. The van der Waals surface area contributed by atoms with Crippen molar-refractivity contribution in [3.8, 4) is 11.4 Å². The van der Waals surface area contributed by atoms with Crippen LogP contribution in [0.15, 0.2) is 78.9 Å². The van der Waals surface area contributed by atoms with E-state index >= 15 is 0 Å². The van der Waals surface area contributed by atoms with Gasteiger partial charge in [0.05, 0.1) is 17.8 Å². The molecule has 2 heterocycles. The normalized spacial score (nSPS) is 15.2. The van der Waals surface area contributed by atoms with Gasteiger partial charge in [-0.2, -0.15) is 0 Å². The number of rotatable bonds is 7. The first-order chi connectivity index (χ1) is 20.4. The van der Waals surface area contributed by atoms with Crippen molar-refractivity contribution < 1.29 is 0 Å². The number of piperazine rings is 1. The van der Waals surface area contributed by atoms with Gasteiger partial charge in [0.15, 0.2) is 0 Å². The van der Waals surface area contributed by atoms with Crippen LogP contribution in [0.2, 0.25) is 0 Å². The third-order valence-electron chi connectivity index (χ3n) is 9.12. The van der Waals surface area contributed by atoms with Gasteiger partial charge in [-0.1, -0.05) is 134 Å². The Morgan fingerprint density at radius 1 is 0.630 bits per heavy atom. The average molecular weight is 686 g/mol. The fraction of sp³-hybridized carbons (Fsp3) is 0.462. The maximum atomic E-state index is 5.19. The number of benzene rings is 3. The second-order valence-corrected chi connectivity index (χ2v) is 14.8. The number of H-pyrrole nitrogens is 1. The molecule has 4 aromatic rings. The van der Waals surface area contributed by atoms with Gasteiger partial charge in [-0.05, 0) is 45.9 Å². The Bertz CT molecular complexity index is 1450. The van der Waals surface area contributed by atoms with Crippen molar-refractivity contribution in [1.82, 2.24) is 19.8 Å². The zero-order valence-corrected chi connectivity index (χ0v) is 31.6. The molecule has 0 bridgehead atoms. The molecule has 0 radical (unpaired) electrons. The zero-order valence-electron chi connectivity index (χ0n) is 29.1. The van der Waals surface area contributed by atoms with Crippen LogP contribution >= 0.6 is 37.2 Å². The van der Waals surface area contributed by atoms with Gasteiger partial charge in [0, 0.05) is 37.4 Å². The minimum atomic E-state index is 0. The first kappa shape index (κ1) is 39.8. The predicted octanol–water partition coefficient (Wildman–Crippen LogP) is 10.3. The lowest BCUT2D eigenvalue weighted by Gasteiger charge is -2.45. The molecule has 1 fully saturated rings. The number of aromatic amines is 1. The van der Waals surface area contributed by atoms with E-state index in [2.05, 4.69) is 156 Å². The molecule has 1 aliphatic heterocycles. The highest BCUT2D eigenvalue weighted by Gasteiger charge is 2.36. The van der Waals surface area contributed by atoms with Crippen molar-refractivity contribution in [3.63, 3.8) is 0 Å². The van der Waals surface area contributed by atoms with Gasteiger partial charge < -0.3 is 4.98 Å². The molecule has 252 valence electrons. The number of aryl methyl sites for hydroxylation is 1. The summed E-state index contributed by atoms with van der Waals surface area (Å²) in [5.41, 5.74) is 9.38. The molecule has 0 saturated carbocycles. The van der Waals surface area contributed by atoms with Crippen molar-refractivity contribution in [3.05, 3.63) is 113 Å². The fourth-order valence-electron chi connectivity index (χ4n) is 7.08. The predicted molar refractivity (Wildman–Crippen MR) is 203 cm³/mol. The number of imidazole rings is 1. The first-order valence-corrected chi connectivity index (χ1v) is 16.1. The van der Waals surface area contributed by atoms with Gasteiger partial charge in [0.2, 0.25) is 0 Å². The smallest absolute Gasteiger partial charge is 0.137 e. The van der Waals surface area contributed by atoms with Crippen molar-refractivity contribution in [2.45, 2.75) is 85.2 Å². The van der Waals surface area contributed by atoms with E-state index in [1.165, 1.54) is 33.6 Å². The first-order valence-electron chi connectivity index (χ1n) is 16.1. The molecule has 3 aromatic carbocycles. The average Bonchev–Trinajstić information content (AvgIpc) is 3.34. The minimum Gasteiger partial charge on any atom is -0.342 e. The zero-order chi connectivity index (χ0) is 30.9. The van der Waals surface area contributed by atoms with Crippen LogP contribution in [0.4, 0.5) is 0 Å². The standard InChI is InChI=1S/C39H52N4.3ClH/c1-27(2)35(34-28(3)40-37(41-34)29-17-11-10-12-18-29)42-23-25-43(26-24-42)36(30-19-13-15-21-32(30)38(4,5)6)31-20-14-16-22-33(31)39(7,8)9;;;/h10-22,27,35-36H,23-26H2,1-9H3,(H,40,41);3*1H. The largest absolute Gasteiger partial charge is 0.342 e. The monoisotopic (exact) mass is 684 g/mol. The van der Waals surface area contributed by atoms with E-state index in [-0.39, 0.29) is 60.1 Å². The topological polar surface area (TPSA) is 35.2 Å². The number of hydrogen-bond acceptors (Lipinski definition) is 3. The highest BCUT2D eigenvalue weighted by atomic mass is 35.5. The van der Waals surface area contributed by atoms with Crippen molar-refractivity contribution in [2.75, 3.05) is 26.2 Å². The summed E-state index contributed by atoms with van der Waals surface area (Å²) in [6.45, 7) is 25.0. The summed E-state index contributed by atoms with van der Waals surface area (Å²) in [6, 6.07) is 29.3. The van der Waals surface area contributed by atoms with Gasteiger partial charge in [-0.3, -0.25) is 9.80 Å². The van der Waals surface area contributed by atoms with Crippen LogP contribution in [0.25, 0.3) is 11.4 Å². The van der Waals surface area contributed by atoms with Crippen LogP contribution in [0, 0.1) is 12.8 Å². The molecule has 0 amide bonds. The number of nitrogens with one attached hydrogen (secondary N) is 1. The maximum Gasteiger partial charge on any atom is 0.137 e. The van der Waals surface area contributed by atoms with Crippen LogP contribution in [0.3, 0.4) is 0 Å². The molecule has 0 spiro atoms. The lowest BCUT2D eigenvalue weighted by molar-refractivity contribution is 0.0592. The SMILES string of the molecule is Cc1[nH]c(-c2ccccc2)nc1C(C(C)C)N1CCN(C(c2ccccc2C(C)(C)C)c2ccccc2C(C)(C)C)CC1.Cl.Cl.Cl. The molecule has 1 aromatic heterocycles. The molecule has 1 saturated heterocycles. The third kappa shape index (κ3) is 8.57. The second kappa shape index (κ2) is 16.2. The van der Waals surface area contributed by atoms with E-state index in [1.54, 1.807) is 0 Å². The lowest BCUT2D eigenvalue weighted by Crippen LogP contribution is -2.50. The van der Waals surface area contributed by atoms with Crippen LogP contribution in [0.1, 0.15) is 101 Å². The molecule has 7 heteroatoms. The number of halogens is 3. The van der Waals surface area contributed by atoms with E-state index in [0.29, 0.717) is 5.92 Å². The molecule has 4 nitrogen and oxygen atoms in total. The van der Waals surface area contributed by atoms with Gasteiger partial charge in [-0.15, -0.1) is 37.2 Å². The Morgan fingerprint density at radius 3 is 1.52 bits per heavy atom. The molecule has 1 atom stereocenters. The van der Waals surface area contributed by atoms with E-state index in [0.717, 1.165) is 37.6 Å². The Balaban J connectivity index is 0.00000245. The molecule has 1 N–H and O–H groups in total. The summed E-state index contributed by atoms with van der Waals surface area (Å²) in [4.78, 5) is 14.2. The maximum absolute atomic E-state index is 5.19. The Labute approximate surface area is 297 Å². The number of nitrogens with zero attached hydrogens (tertiary/aromatic N) is 3. The van der Waals surface area contributed by atoms with Crippen molar-refractivity contribution in [1.29, 1.82) is 0 Å². The van der Waals surface area contributed by atoms with Gasteiger partial charge in [-0.25, -0.2) is 4.98 Å². The molecule has 1 unspecified atom stereocenters. The molecular formula is C39H55Cl3N4. The summed E-state index contributed by atoms with van der Waals surface area (Å²) in [7, 11) is 0. The van der Waals surface area contributed by atoms with Gasteiger partial charge in [0.25, 0.3) is 0 Å². The third-order valence-corrected chi connectivity index (χ3v) is 9.12. The molecule has 1 aliphatic rings. The number of aromatic nitrogens is 2. The summed E-state index contributed by atoms with van der Waals surface area (Å²) >= 11 is 0. The quantitative estimate of drug-likeness (QED) is 0.210. The number of hydrogen-bond donors (Lipinski definition) is 1. The van der Waals surface area contributed by atoms with Crippen LogP contribution in [-0.4, -0.2) is 45.9 Å². The Morgan fingerprint density at radius 2 is 1.07 bits per heavy atom. The molecule has 5 rings (SSSR count).